The standard InChI is InChI=1S/C8H12F2N2OS/c1-8(9,10)5-11-2-7-12-6(3-13)4-14-7/h4,11,13H,2-3,5H2,1H3. The molecule has 0 saturated heterocycles. The summed E-state index contributed by atoms with van der Waals surface area (Å²) in [6.45, 7) is 0.705. The third-order valence-corrected chi connectivity index (χ3v) is 2.37. The molecule has 0 saturated carbocycles. The van der Waals surface area contributed by atoms with Crippen LogP contribution in [0.15, 0.2) is 5.38 Å². The van der Waals surface area contributed by atoms with Gasteiger partial charge in [-0.1, -0.05) is 0 Å². The maximum absolute atomic E-state index is 12.4. The lowest BCUT2D eigenvalue weighted by atomic mass is 10.4. The van der Waals surface area contributed by atoms with E-state index in [1.807, 2.05) is 0 Å². The molecule has 0 radical (unpaired) electrons. The van der Waals surface area contributed by atoms with Crippen LogP contribution in [-0.4, -0.2) is 22.6 Å². The molecule has 3 nitrogen and oxygen atoms in total. The molecular weight excluding hydrogens is 210 g/mol. The number of hydrogen-bond donors (Lipinski definition) is 2. The molecule has 1 aromatic heterocycles. The summed E-state index contributed by atoms with van der Waals surface area (Å²) < 4.78 is 24.8. The Morgan fingerprint density at radius 3 is 2.86 bits per heavy atom. The SMILES string of the molecule is CC(F)(F)CNCc1nc(CO)cs1. The number of rotatable bonds is 5. The first-order valence-electron chi connectivity index (χ1n) is 4.14. The molecule has 0 fully saturated rings. The molecule has 0 spiro atoms. The van der Waals surface area contributed by atoms with Gasteiger partial charge in [-0.25, -0.2) is 13.8 Å². The lowest BCUT2D eigenvalue weighted by Gasteiger charge is -2.09. The molecule has 1 heterocycles. The van der Waals surface area contributed by atoms with Gasteiger partial charge in [0.05, 0.1) is 18.8 Å². The summed E-state index contributed by atoms with van der Waals surface area (Å²) in [5, 5.41) is 13.7. The van der Waals surface area contributed by atoms with Gasteiger partial charge in [0, 0.05) is 18.8 Å². The fraction of sp³-hybridized carbons (Fsp3) is 0.625. The summed E-state index contributed by atoms with van der Waals surface area (Å²) in [6.07, 6.45) is 0. The smallest absolute Gasteiger partial charge is 0.257 e. The third-order valence-electron chi connectivity index (χ3n) is 1.47. The number of aliphatic hydroxyl groups excluding tert-OH is 1. The van der Waals surface area contributed by atoms with Crippen LogP contribution >= 0.6 is 11.3 Å². The van der Waals surface area contributed by atoms with Crippen molar-refractivity contribution < 1.29 is 13.9 Å². The number of aromatic nitrogens is 1. The predicted molar refractivity (Wildman–Crippen MR) is 50.4 cm³/mol. The average molecular weight is 222 g/mol. The van der Waals surface area contributed by atoms with E-state index in [4.69, 9.17) is 5.11 Å². The predicted octanol–water partition coefficient (Wildman–Crippen LogP) is 1.38. The molecule has 80 valence electrons. The first-order valence-corrected chi connectivity index (χ1v) is 5.02. The van der Waals surface area contributed by atoms with Crippen molar-refractivity contribution in [1.29, 1.82) is 0 Å². The largest absolute Gasteiger partial charge is 0.390 e. The van der Waals surface area contributed by atoms with Gasteiger partial charge in [0.1, 0.15) is 5.01 Å². The fourth-order valence-corrected chi connectivity index (χ4v) is 1.65. The number of thiazole rings is 1. The summed E-state index contributed by atoms with van der Waals surface area (Å²) in [7, 11) is 0. The van der Waals surface area contributed by atoms with Crippen LogP contribution in [0.25, 0.3) is 0 Å². The maximum Gasteiger partial charge on any atom is 0.257 e. The van der Waals surface area contributed by atoms with Crippen molar-refractivity contribution in [3.63, 3.8) is 0 Å². The van der Waals surface area contributed by atoms with Gasteiger partial charge in [-0.05, 0) is 0 Å². The Labute approximate surface area is 84.8 Å². The van der Waals surface area contributed by atoms with Crippen LogP contribution < -0.4 is 5.32 Å². The second kappa shape index (κ2) is 4.77. The Morgan fingerprint density at radius 2 is 2.36 bits per heavy atom. The molecule has 6 heteroatoms. The lowest BCUT2D eigenvalue weighted by Crippen LogP contribution is -2.29. The molecule has 0 aliphatic carbocycles. The van der Waals surface area contributed by atoms with Gasteiger partial charge in [0.25, 0.3) is 5.92 Å². The van der Waals surface area contributed by atoms with Crippen LogP contribution in [-0.2, 0) is 13.2 Å². The van der Waals surface area contributed by atoms with Gasteiger partial charge in [-0.2, -0.15) is 0 Å². The number of nitrogens with one attached hydrogen (secondary N) is 1. The Hall–Kier alpha value is -0.590. The van der Waals surface area contributed by atoms with Gasteiger partial charge in [-0.3, -0.25) is 0 Å². The van der Waals surface area contributed by atoms with E-state index < -0.39 is 5.92 Å². The fourth-order valence-electron chi connectivity index (χ4n) is 0.892. The molecule has 0 aromatic carbocycles. The molecule has 0 aliphatic rings. The van der Waals surface area contributed by atoms with E-state index in [1.54, 1.807) is 5.38 Å². The summed E-state index contributed by atoms with van der Waals surface area (Å²) in [6, 6.07) is 0. The average Bonchev–Trinajstić information content (AvgIpc) is 2.50. The molecule has 1 aromatic rings. The third kappa shape index (κ3) is 4.08. The van der Waals surface area contributed by atoms with E-state index >= 15 is 0 Å². The highest BCUT2D eigenvalue weighted by Gasteiger charge is 2.19. The molecule has 14 heavy (non-hydrogen) atoms. The maximum atomic E-state index is 12.4. The zero-order valence-corrected chi connectivity index (χ0v) is 8.57. The van der Waals surface area contributed by atoms with Gasteiger partial charge >= 0.3 is 0 Å². The van der Waals surface area contributed by atoms with E-state index in [2.05, 4.69) is 10.3 Å². The minimum Gasteiger partial charge on any atom is -0.390 e. The highest BCUT2D eigenvalue weighted by molar-refractivity contribution is 7.09. The highest BCUT2D eigenvalue weighted by Crippen LogP contribution is 2.11. The van der Waals surface area contributed by atoms with Crippen LogP contribution in [0.4, 0.5) is 8.78 Å². The zero-order chi connectivity index (χ0) is 10.6. The van der Waals surface area contributed by atoms with E-state index in [1.165, 1.54) is 11.3 Å². The molecule has 0 atom stereocenters. The van der Waals surface area contributed by atoms with Gasteiger partial charge in [0.15, 0.2) is 0 Å². The van der Waals surface area contributed by atoms with E-state index in [-0.39, 0.29) is 13.2 Å². The van der Waals surface area contributed by atoms with Crippen molar-refractivity contribution in [1.82, 2.24) is 10.3 Å². The number of hydrogen-bond acceptors (Lipinski definition) is 4. The lowest BCUT2D eigenvalue weighted by molar-refractivity contribution is 0.0224. The van der Waals surface area contributed by atoms with Crippen LogP contribution in [0.5, 0.6) is 0 Å². The topological polar surface area (TPSA) is 45.2 Å². The van der Waals surface area contributed by atoms with Crippen molar-refractivity contribution >= 4 is 11.3 Å². The molecular formula is C8H12F2N2OS. The number of aliphatic hydroxyl groups is 1. The normalized spacial score (nSPS) is 12.0. The Morgan fingerprint density at radius 1 is 1.64 bits per heavy atom. The molecule has 0 aliphatic heterocycles. The Kier molecular flexibility index (Phi) is 3.91. The summed E-state index contributed by atoms with van der Waals surface area (Å²) in [4.78, 5) is 4.01. The van der Waals surface area contributed by atoms with Crippen molar-refractivity contribution in [2.24, 2.45) is 0 Å². The monoisotopic (exact) mass is 222 g/mol. The van der Waals surface area contributed by atoms with Crippen LogP contribution in [0.2, 0.25) is 0 Å². The van der Waals surface area contributed by atoms with E-state index in [0.717, 1.165) is 6.92 Å². The molecule has 0 unspecified atom stereocenters. The number of halogens is 2. The Bertz CT molecular complexity index is 285. The van der Waals surface area contributed by atoms with Crippen molar-refractivity contribution in [2.75, 3.05) is 6.54 Å². The Balaban J connectivity index is 2.31. The molecule has 0 bridgehead atoms. The summed E-state index contributed by atoms with van der Waals surface area (Å²) >= 11 is 1.35. The van der Waals surface area contributed by atoms with E-state index in [0.29, 0.717) is 17.2 Å². The van der Waals surface area contributed by atoms with Gasteiger partial charge < -0.3 is 10.4 Å². The molecule has 1 rings (SSSR count). The zero-order valence-electron chi connectivity index (χ0n) is 7.76. The molecule has 2 N–H and O–H groups in total. The minimum absolute atomic E-state index is 0.111. The van der Waals surface area contributed by atoms with Crippen LogP contribution in [0.1, 0.15) is 17.6 Å². The van der Waals surface area contributed by atoms with Crippen molar-refractivity contribution in [2.45, 2.75) is 26.0 Å². The van der Waals surface area contributed by atoms with Gasteiger partial charge in [0.2, 0.25) is 0 Å². The summed E-state index contributed by atoms with van der Waals surface area (Å²) in [5.74, 6) is -2.70. The second-order valence-electron chi connectivity index (χ2n) is 3.06. The highest BCUT2D eigenvalue weighted by atomic mass is 32.1. The van der Waals surface area contributed by atoms with Crippen molar-refractivity contribution in [3.8, 4) is 0 Å². The summed E-state index contributed by atoms with van der Waals surface area (Å²) in [5.41, 5.74) is 0.579. The number of nitrogens with zero attached hydrogens (tertiary/aromatic N) is 1. The van der Waals surface area contributed by atoms with E-state index in [9.17, 15) is 8.78 Å². The quantitative estimate of drug-likeness (QED) is 0.791. The van der Waals surface area contributed by atoms with Crippen LogP contribution in [0, 0.1) is 0 Å². The van der Waals surface area contributed by atoms with Crippen molar-refractivity contribution in [3.05, 3.63) is 16.1 Å². The minimum atomic E-state index is -2.70. The first-order chi connectivity index (χ1) is 6.51. The second-order valence-corrected chi connectivity index (χ2v) is 4.01. The van der Waals surface area contributed by atoms with Gasteiger partial charge in [-0.15, -0.1) is 11.3 Å². The van der Waals surface area contributed by atoms with Crippen LogP contribution in [0.3, 0.4) is 0 Å². The number of alkyl halides is 2. The molecule has 0 amide bonds. The first kappa shape index (κ1) is 11.5.